The van der Waals surface area contributed by atoms with Gasteiger partial charge in [0.2, 0.25) is 5.91 Å². The Morgan fingerprint density at radius 3 is 2.44 bits per heavy atom. The van der Waals surface area contributed by atoms with Gasteiger partial charge in [-0.1, -0.05) is 32.6 Å². The molecule has 0 radical (unpaired) electrons. The predicted octanol–water partition coefficient (Wildman–Crippen LogP) is 1.39. The van der Waals surface area contributed by atoms with Gasteiger partial charge in [0.25, 0.3) is 0 Å². The van der Waals surface area contributed by atoms with Gasteiger partial charge in [-0.15, -0.1) is 0 Å². The van der Waals surface area contributed by atoms with Gasteiger partial charge in [-0.2, -0.15) is 0 Å². The Morgan fingerprint density at radius 2 is 1.78 bits per heavy atom. The minimum atomic E-state index is -0.250. The minimum Gasteiger partial charge on any atom is -0.355 e. The van der Waals surface area contributed by atoms with Gasteiger partial charge < -0.3 is 16.0 Å². The number of nitrogens with one attached hydrogen (secondary N) is 3. The van der Waals surface area contributed by atoms with Crippen molar-refractivity contribution in [2.75, 3.05) is 19.6 Å². The maximum atomic E-state index is 11.4. The number of urea groups is 1. The third-order valence-electron chi connectivity index (χ3n) is 3.29. The van der Waals surface area contributed by atoms with E-state index in [1.54, 1.807) is 0 Å². The van der Waals surface area contributed by atoms with Crippen LogP contribution < -0.4 is 16.0 Å². The van der Waals surface area contributed by atoms with E-state index >= 15 is 0 Å². The summed E-state index contributed by atoms with van der Waals surface area (Å²) < 4.78 is 0. The molecule has 1 aliphatic rings. The molecule has 0 spiro atoms. The number of carbonyl (C=O) groups excluding carboxylic acids is 2. The molecule has 0 aliphatic heterocycles. The van der Waals surface area contributed by atoms with Crippen LogP contribution in [0.4, 0.5) is 4.79 Å². The maximum absolute atomic E-state index is 11.4. The van der Waals surface area contributed by atoms with Crippen molar-refractivity contribution in [3.05, 3.63) is 0 Å². The number of amides is 3. The number of hydrogen-bond acceptors (Lipinski definition) is 2. The van der Waals surface area contributed by atoms with Crippen molar-refractivity contribution < 1.29 is 9.59 Å². The zero-order valence-electron chi connectivity index (χ0n) is 11.3. The van der Waals surface area contributed by atoms with Crippen molar-refractivity contribution in [1.82, 2.24) is 16.0 Å². The third kappa shape index (κ3) is 6.47. The molecule has 1 fully saturated rings. The number of rotatable bonds is 7. The molecule has 1 rings (SSSR count). The van der Waals surface area contributed by atoms with Crippen LogP contribution in [0.2, 0.25) is 0 Å². The van der Waals surface area contributed by atoms with E-state index in [4.69, 9.17) is 0 Å². The van der Waals surface area contributed by atoms with Crippen molar-refractivity contribution in [3.8, 4) is 0 Å². The van der Waals surface area contributed by atoms with Crippen molar-refractivity contribution in [1.29, 1.82) is 0 Å². The Balaban J connectivity index is 1.97. The van der Waals surface area contributed by atoms with E-state index in [2.05, 4.69) is 16.0 Å². The average Bonchev–Trinajstić information content (AvgIpc) is 2.87. The molecule has 1 aliphatic carbocycles. The Bertz CT molecular complexity index is 263. The van der Waals surface area contributed by atoms with E-state index in [0.717, 1.165) is 18.8 Å². The second kappa shape index (κ2) is 8.78. The summed E-state index contributed by atoms with van der Waals surface area (Å²) in [6, 6.07) is -0.250. The van der Waals surface area contributed by atoms with Gasteiger partial charge in [0.15, 0.2) is 0 Å². The zero-order valence-corrected chi connectivity index (χ0v) is 11.3. The molecule has 1 saturated carbocycles. The van der Waals surface area contributed by atoms with Crippen LogP contribution in [0, 0.1) is 5.92 Å². The summed E-state index contributed by atoms with van der Waals surface area (Å²) in [5.74, 6) is 0.640. The van der Waals surface area contributed by atoms with E-state index < -0.39 is 0 Å². The first-order valence-electron chi connectivity index (χ1n) is 7.00. The summed E-state index contributed by atoms with van der Waals surface area (Å²) >= 11 is 0. The Morgan fingerprint density at radius 1 is 1.06 bits per heavy atom. The molecule has 0 atom stereocenters. The highest BCUT2D eigenvalue weighted by molar-refractivity contribution is 5.83. The predicted molar refractivity (Wildman–Crippen MR) is 71.3 cm³/mol. The fourth-order valence-electron chi connectivity index (χ4n) is 2.24. The maximum Gasteiger partial charge on any atom is 0.315 e. The van der Waals surface area contributed by atoms with E-state index in [-0.39, 0.29) is 18.5 Å². The van der Waals surface area contributed by atoms with Crippen LogP contribution in [0.5, 0.6) is 0 Å². The SMILES string of the molecule is CCCNC(=O)CNC(=O)NCCC1CCCC1. The highest BCUT2D eigenvalue weighted by Crippen LogP contribution is 2.26. The lowest BCUT2D eigenvalue weighted by molar-refractivity contribution is -0.120. The first-order valence-corrected chi connectivity index (χ1v) is 7.00. The molecule has 0 unspecified atom stereocenters. The highest BCUT2D eigenvalue weighted by Gasteiger charge is 2.14. The molecule has 5 nitrogen and oxygen atoms in total. The first-order chi connectivity index (χ1) is 8.72. The Hall–Kier alpha value is -1.26. The monoisotopic (exact) mass is 255 g/mol. The van der Waals surface area contributed by atoms with Crippen LogP contribution in [-0.4, -0.2) is 31.6 Å². The molecular weight excluding hydrogens is 230 g/mol. The van der Waals surface area contributed by atoms with Gasteiger partial charge in [0, 0.05) is 13.1 Å². The molecule has 104 valence electrons. The molecule has 3 amide bonds. The summed E-state index contributed by atoms with van der Waals surface area (Å²) in [7, 11) is 0. The summed E-state index contributed by atoms with van der Waals surface area (Å²) in [4.78, 5) is 22.6. The second-order valence-corrected chi connectivity index (χ2v) is 4.90. The molecule has 0 aromatic heterocycles. The van der Waals surface area contributed by atoms with Crippen molar-refractivity contribution in [2.24, 2.45) is 5.92 Å². The topological polar surface area (TPSA) is 70.2 Å². The first kappa shape index (κ1) is 14.8. The Labute approximate surface area is 109 Å². The van der Waals surface area contributed by atoms with E-state index in [1.807, 2.05) is 6.92 Å². The third-order valence-corrected chi connectivity index (χ3v) is 3.29. The minimum absolute atomic E-state index is 0.0509. The van der Waals surface area contributed by atoms with Gasteiger partial charge >= 0.3 is 6.03 Å². The van der Waals surface area contributed by atoms with Gasteiger partial charge in [-0.3, -0.25) is 4.79 Å². The molecule has 0 bridgehead atoms. The molecule has 18 heavy (non-hydrogen) atoms. The summed E-state index contributed by atoms with van der Waals surface area (Å²) in [5.41, 5.74) is 0. The molecular formula is C13H25N3O2. The second-order valence-electron chi connectivity index (χ2n) is 4.90. The van der Waals surface area contributed by atoms with E-state index in [9.17, 15) is 9.59 Å². The molecule has 0 saturated heterocycles. The lowest BCUT2D eigenvalue weighted by Gasteiger charge is -2.10. The molecule has 0 heterocycles. The molecule has 0 aromatic carbocycles. The highest BCUT2D eigenvalue weighted by atomic mass is 16.2. The summed E-state index contributed by atoms with van der Waals surface area (Å²) in [5, 5.41) is 8.05. The van der Waals surface area contributed by atoms with Crippen molar-refractivity contribution in [2.45, 2.75) is 45.4 Å². The molecule has 0 aromatic rings. The van der Waals surface area contributed by atoms with Crippen LogP contribution >= 0.6 is 0 Å². The summed E-state index contributed by atoms with van der Waals surface area (Å²) in [6.07, 6.45) is 7.20. The standard InChI is InChI=1S/C13H25N3O2/c1-2-8-14-12(17)10-16-13(18)15-9-7-11-5-3-4-6-11/h11H,2-10H2,1H3,(H,14,17)(H2,15,16,18). The lowest BCUT2D eigenvalue weighted by atomic mass is 10.0. The van der Waals surface area contributed by atoms with Crippen LogP contribution in [0.1, 0.15) is 45.4 Å². The van der Waals surface area contributed by atoms with E-state index in [0.29, 0.717) is 13.1 Å². The molecule has 3 N–H and O–H groups in total. The largest absolute Gasteiger partial charge is 0.355 e. The van der Waals surface area contributed by atoms with Crippen molar-refractivity contribution in [3.63, 3.8) is 0 Å². The Kier molecular flexibility index (Phi) is 7.22. The molecule has 5 heteroatoms. The van der Waals surface area contributed by atoms with Gasteiger partial charge in [0.1, 0.15) is 0 Å². The zero-order chi connectivity index (χ0) is 13.2. The lowest BCUT2D eigenvalue weighted by Crippen LogP contribution is -2.42. The number of carbonyl (C=O) groups is 2. The van der Waals surface area contributed by atoms with E-state index in [1.165, 1.54) is 25.7 Å². The van der Waals surface area contributed by atoms with Gasteiger partial charge in [0.05, 0.1) is 6.54 Å². The van der Waals surface area contributed by atoms with Crippen LogP contribution in [0.15, 0.2) is 0 Å². The normalized spacial score (nSPS) is 15.4. The van der Waals surface area contributed by atoms with Crippen LogP contribution in [0.3, 0.4) is 0 Å². The van der Waals surface area contributed by atoms with Crippen LogP contribution in [-0.2, 0) is 4.79 Å². The fraction of sp³-hybridized carbons (Fsp3) is 0.846. The fourth-order valence-corrected chi connectivity index (χ4v) is 2.24. The quantitative estimate of drug-likeness (QED) is 0.643. The van der Waals surface area contributed by atoms with Crippen molar-refractivity contribution >= 4 is 11.9 Å². The summed E-state index contributed by atoms with van der Waals surface area (Å²) in [6.45, 7) is 3.40. The number of hydrogen-bond donors (Lipinski definition) is 3. The average molecular weight is 255 g/mol. The van der Waals surface area contributed by atoms with Crippen LogP contribution in [0.25, 0.3) is 0 Å². The smallest absolute Gasteiger partial charge is 0.315 e. The van der Waals surface area contributed by atoms with Gasteiger partial charge in [-0.05, 0) is 18.8 Å². The van der Waals surface area contributed by atoms with Gasteiger partial charge in [-0.25, -0.2) is 4.79 Å².